The van der Waals surface area contributed by atoms with E-state index in [0.29, 0.717) is 18.5 Å². The average molecular weight is 593 g/mol. The molecule has 6 heterocycles. The summed E-state index contributed by atoms with van der Waals surface area (Å²) < 4.78 is 0. The number of amides is 1. The first-order chi connectivity index (χ1) is 20.8. The first kappa shape index (κ1) is 29.5. The highest BCUT2D eigenvalue weighted by Gasteiger charge is 2.52. The summed E-state index contributed by atoms with van der Waals surface area (Å²) in [5.74, 6) is 0.00218. The van der Waals surface area contributed by atoms with Crippen LogP contribution in [0.25, 0.3) is 0 Å². The number of piperidine rings is 3. The Balaban J connectivity index is 1.00. The van der Waals surface area contributed by atoms with Gasteiger partial charge in [-0.05, 0) is 115 Å². The number of aliphatic hydroxyl groups is 1. The van der Waals surface area contributed by atoms with Crippen molar-refractivity contribution in [1.82, 2.24) is 30.9 Å². The number of hydrogen-bond donors (Lipinski definition) is 5. The maximum absolute atomic E-state index is 13.6. The van der Waals surface area contributed by atoms with Crippen molar-refractivity contribution in [2.45, 2.75) is 95.0 Å². The smallest absolute Gasteiger partial charge is 0.244 e. The Hall–Kier alpha value is -2.21. The Bertz CT molecular complexity index is 1160. The third-order valence-electron chi connectivity index (χ3n) is 11.5. The molecule has 5 fully saturated rings. The molecule has 10 heteroatoms. The zero-order valence-electron chi connectivity index (χ0n) is 26.1. The van der Waals surface area contributed by atoms with Crippen LogP contribution in [0, 0.1) is 11.3 Å². The second kappa shape index (κ2) is 11.9. The van der Waals surface area contributed by atoms with Crippen LogP contribution in [0.15, 0.2) is 36.4 Å². The zero-order valence-corrected chi connectivity index (χ0v) is 26.1. The minimum atomic E-state index is -0.776. The number of carbonyl (C=O) groups is 1. The number of likely N-dealkylation sites (tertiary alicyclic amines) is 1. The summed E-state index contributed by atoms with van der Waals surface area (Å²) in [5, 5.41) is 30.1. The Kier molecular flexibility index (Phi) is 8.20. The highest BCUT2D eigenvalue weighted by atomic mass is 16.3. The zero-order chi connectivity index (χ0) is 29.6. The third kappa shape index (κ3) is 5.94. The maximum Gasteiger partial charge on any atom is 0.244 e. The van der Waals surface area contributed by atoms with Crippen LogP contribution in [0.2, 0.25) is 0 Å². The number of nitrogens with zero attached hydrogens (tertiary/aromatic N) is 4. The van der Waals surface area contributed by atoms with Crippen molar-refractivity contribution >= 4 is 17.3 Å². The molecule has 236 valence electrons. The molecule has 7 rings (SSSR count). The molecule has 0 aliphatic carbocycles. The molecule has 1 amide bonds. The molecule has 1 spiro atoms. The minimum Gasteiger partial charge on any atom is -0.389 e. The van der Waals surface area contributed by atoms with E-state index in [9.17, 15) is 9.90 Å². The van der Waals surface area contributed by atoms with Crippen LogP contribution < -0.4 is 26.2 Å². The molecular formula is C33H52N8O2. The fourth-order valence-electron chi connectivity index (χ4n) is 8.50. The van der Waals surface area contributed by atoms with Gasteiger partial charge in [-0.1, -0.05) is 12.2 Å². The molecule has 10 nitrogen and oxygen atoms in total. The van der Waals surface area contributed by atoms with Crippen molar-refractivity contribution < 1.29 is 9.90 Å². The van der Waals surface area contributed by atoms with Crippen molar-refractivity contribution in [3.63, 3.8) is 0 Å². The summed E-state index contributed by atoms with van der Waals surface area (Å²) in [7, 11) is 2.25. The van der Waals surface area contributed by atoms with Crippen LogP contribution in [0.3, 0.4) is 0 Å². The van der Waals surface area contributed by atoms with Gasteiger partial charge in [0.25, 0.3) is 0 Å². The second-order valence-electron chi connectivity index (χ2n) is 14.4. The number of fused-ring (bicyclic) bond motifs is 6. The molecule has 5 unspecified atom stereocenters. The number of carbonyl (C=O) groups excluding carboxylic acids is 1. The molecule has 5 N–H and O–H groups in total. The van der Waals surface area contributed by atoms with E-state index in [1.54, 1.807) is 0 Å². The number of hydrazine groups is 1. The summed E-state index contributed by atoms with van der Waals surface area (Å²) in [5.41, 5.74) is 2.15. The number of nitrogens with one attached hydrogen (secondary N) is 4. The first-order valence-corrected chi connectivity index (χ1v) is 16.8. The van der Waals surface area contributed by atoms with Crippen molar-refractivity contribution in [2.24, 2.45) is 11.3 Å². The van der Waals surface area contributed by atoms with Gasteiger partial charge in [0.05, 0.1) is 30.4 Å². The Labute approximate surface area is 257 Å². The highest BCUT2D eigenvalue weighted by molar-refractivity contribution is 5.82. The largest absolute Gasteiger partial charge is 0.389 e. The Morgan fingerprint density at radius 1 is 0.953 bits per heavy atom. The monoisotopic (exact) mass is 592 g/mol. The lowest BCUT2D eigenvalue weighted by atomic mass is 9.71. The molecule has 0 radical (unpaired) electrons. The van der Waals surface area contributed by atoms with Crippen LogP contribution in [0.5, 0.6) is 0 Å². The maximum atomic E-state index is 13.6. The van der Waals surface area contributed by atoms with Crippen molar-refractivity contribution in [1.29, 1.82) is 0 Å². The molecular weight excluding hydrogens is 540 g/mol. The van der Waals surface area contributed by atoms with Gasteiger partial charge in [-0.3, -0.25) is 25.8 Å². The van der Waals surface area contributed by atoms with Gasteiger partial charge in [0.2, 0.25) is 5.91 Å². The predicted octanol–water partition coefficient (Wildman–Crippen LogP) is 2.46. The van der Waals surface area contributed by atoms with Gasteiger partial charge in [-0.2, -0.15) is 5.01 Å². The SMILES string of the molecule is CN1CCC2(CC1)CCN(c1ccc(NC3NCC4C(=O)N5C/C=C\CC[C@](C)(O)C6CCCC(N6)N5C4N3)cc1)CC2. The first-order valence-electron chi connectivity index (χ1n) is 16.8. The summed E-state index contributed by atoms with van der Waals surface area (Å²) in [4.78, 5) is 18.7. The van der Waals surface area contributed by atoms with Gasteiger partial charge in [-0.25, -0.2) is 0 Å². The van der Waals surface area contributed by atoms with Crippen LogP contribution in [0.4, 0.5) is 11.4 Å². The number of rotatable bonds is 3. The van der Waals surface area contributed by atoms with Gasteiger partial charge in [-0.15, -0.1) is 0 Å². The van der Waals surface area contributed by atoms with Crippen molar-refractivity contribution in [3.05, 3.63) is 36.4 Å². The van der Waals surface area contributed by atoms with E-state index in [1.807, 2.05) is 11.9 Å². The third-order valence-corrected chi connectivity index (χ3v) is 11.5. The molecule has 43 heavy (non-hydrogen) atoms. The molecule has 5 saturated heterocycles. The summed E-state index contributed by atoms with van der Waals surface area (Å²) in [6.07, 6.45) is 13.7. The average Bonchev–Trinajstić information content (AvgIpc) is 3.29. The van der Waals surface area contributed by atoms with E-state index in [2.05, 4.69) is 79.5 Å². The van der Waals surface area contributed by atoms with E-state index < -0.39 is 5.60 Å². The van der Waals surface area contributed by atoms with E-state index in [0.717, 1.165) is 50.9 Å². The van der Waals surface area contributed by atoms with Crippen LogP contribution >= 0.6 is 0 Å². The second-order valence-corrected chi connectivity index (χ2v) is 14.4. The lowest BCUT2D eigenvalue weighted by Gasteiger charge is -2.47. The quantitative estimate of drug-likeness (QED) is 0.339. The van der Waals surface area contributed by atoms with Crippen LogP contribution in [-0.4, -0.2) is 103 Å². The number of hydrogen-bond acceptors (Lipinski definition) is 9. The molecule has 1 aromatic carbocycles. The Morgan fingerprint density at radius 2 is 1.70 bits per heavy atom. The van der Waals surface area contributed by atoms with E-state index in [1.165, 1.54) is 44.5 Å². The normalized spacial score (nSPS) is 37.8. The fourth-order valence-corrected chi connectivity index (χ4v) is 8.50. The van der Waals surface area contributed by atoms with Crippen LogP contribution in [-0.2, 0) is 4.79 Å². The number of allylic oxidation sites excluding steroid dienone is 1. The topological polar surface area (TPSA) is 98.4 Å². The lowest BCUT2D eigenvalue weighted by molar-refractivity contribution is -0.146. The Morgan fingerprint density at radius 3 is 2.47 bits per heavy atom. The van der Waals surface area contributed by atoms with Crippen molar-refractivity contribution in [3.8, 4) is 0 Å². The molecule has 6 aliphatic heterocycles. The molecule has 0 saturated carbocycles. The van der Waals surface area contributed by atoms with Gasteiger partial charge >= 0.3 is 0 Å². The molecule has 0 aromatic heterocycles. The molecule has 1 aromatic rings. The molecule has 6 aliphatic rings. The van der Waals surface area contributed by atoms with Gasteiger partial charge in [0, 0.05) is 37.1 Å². The summed E-state index contributed by atoms with van der Waals surface area (Å²) in [6, 6.07) is 8.88. The van der Waals surface area contributed by atoms with Crippen molar-refractivity contribution in [2.75, 3.05) is 56.5 Å². The summed E-state index contributed by atoms with van der Waals surface area (Å²) >= 11 is 0. The van der Waals surface area contributed by atoms with E-state index >= 15 is 0 Å². The van der Waals surface area contributed by atoms with Gasteiger partial charge in [0.15, 0.2) is 0 Å². The fraction of sp³-hybridized carbons (Fsp3) is 0.727. The minimum absolute atomic E-state index is 0.000547. The van der Waals surface area contributed by atoms with E-state index in [-0.39, 0.29) is 36.5 Å². The highest BCUT2D eigenvalue weighted by Crippen LogP contribution is 2.42. The predicted molar refractivity (Wildman–Crippen MR) is 170 cm³/mol. The lowest BCUT2D eigenvalue weighted by Crippen LogP contribution is -2.69. The molecule has 2 bridgehead atoms. The summed E-state index contributed by atoms with van der Waals surface area (Å²) in [6.45, 7) is 7.91. The standard InChI is InChI=1S/C33H52N8O2/c1-32(43)13-4-3-5-18-40-30(42)26-23-34-31(37-29(26)41(40)28-8-6-7-27(32)36-28)35-24-9-11-25(12-10-24)39-21-16-33(17-22-39)14-19-38(2)20-15-33/h3,5,9-12,26-29,31,34-37,43H,4,6-8,13-23H2,1-2H3/b5-3-/t26?,27?,28?,29?,31?,32-/m0/s1. The molecule has 6 atom stereocenters. The number of anilines is 2. The van der Waals surface area contributed by atoms with E-state index in [4.69, 9.17) is 0 Å². The van der Waals surface area contributed by atoms with Gasteiger partial charge in [0.1, 0.15) is 6.29 Å². The van der Waals surface area contributed by atoms with Gasteiger partial charge < -0.3 is 20.2 Å². The number of benzene rings is 1. The van der Waals surface area contributed by atoms with Crippen LogP contribution in [0.1, 0.15) is 64.7 Å².